The highest BCUT2D eigenvalue weighted by Gasteiger charge is 2.13. The fourth-order valence-corrected chi connectivity index (χ4v) is 2.07. The van der Waals surface area contributed by atoms with Gasteiger partial charge in [0.25, 0.3) is 5.91 Å². The Morgan fingerprint density at radius 1 is 1.24 bits per heavy atom. The number of halogens is 1. The first-order valence-electron chi connectivity index (χ1n) is 6.76. The largest absolute Gasteiger partial charge is 0.384 e. The molecule has 4 heteroatoms. The number of nitrogens with one attached hydrogen (secondary N) is 1. The number of amides is 1. The number of carbonyl (C=O) groups excluding carboxylic acids is 1. The molecule has 0 saturated carbocycles. The lowest BCUT2D eigenvalue weighted by molar-refractivity contribution is 0.102. The van der Waals surface area contributed by atoms with Crippen LogP contribution in [0.2, 0.25) is 0 Å². The summed E-state index contributed by atoms with van der Waals surface area (Å²) in [5.41, 5.74) is 2.46. The summed E-state index contributed by atoms with van der Waals surface area (Å²) >= 11 is 0. The molecule has 0 atom stereocenters. The van der Waals surface area contributed by atoms with Crippen LogP contribution in [0, 0.1) is 12.7 Å². The first-order chi connectivity index (χ1) is 10.1. The quantitative estimate of drug-likeness (QED) is 0.913. The van der Waals surface area contributed by atoms with Crippen LogP contribution in [-0.4, -0.2) is 19.6 Å². The SMILES string of the molecule is COCCc1ccccc1NC(=O)c1ccc(C)cc1F. The van der Waals surface area contributed by atoms with Gasteiger partial charge in [0, 0.05) is 12.8 Å². The molecule has 0 bridgehead atoms. The van der Waals surface area contributed by atoms with Gasteiger partial charge in [0.2, 0.25) is 0 Å². The van der Waals surface area contributed by atoms with E-state index in [1.165, 1.54) is 12.1 Å². The summed E-state index contributed by atoms with van der Waals surface area (Å²) in [6, 6.07) is 12.0. The minimum absolute atomic E-state index is 0.0437. The predicted octanol–water partition coefficient (Wildman–Crippen LogP) is 3.58. The van der Waals surface area contributed by atoms with Gasteiger partial charge in [-0.3, -0.25) is 4.79 Å². The highest BCUT2D eigenvalue weighted by molar-refractivity contribution is 6.04. The van der Waals surface area contributed by atoms with E-state index in [1.807, 2.05) is 18.2 Å². The van der Waals surface area contributed by atoms with Crippen molar-refractivity contribution < 1.29 is 13.9 Å². The van der Waals surface area contributed by atoms with E-state index < -0.39 is 11.7 Å². The molecule has 110 valence electrons. The molecular formula is C17H18FNO2. The number of hydrogen-bond donors (Lipinski definition) is 1. The number of methoxy groups -OCH3 is 1. The fraction of sp³-hybridized carbons (Fsp3) is 0.235. The number of para-hydroxylation sites is 1. The maximum absolute atomic E-state index is 13.8. The molecule has 0 radical (unpaired) electrons. The number of aryl methyl sites for hydroxylation is 1. The Labute approximate surface area is 123 Å². The molecule has 21 heavy (non-hydrogen) atoms. The van der Waals surface area contributed by atoms with Gasteiger partial charge in [-0.25, -0.2) is 4.39 Å². The topological polar surface area (TPSA) is 38.3 Å². The van der Waals surface area contributed by atoms with Gasteiger partial charge in [0.05, 0.1) is 12.2 Å². The first-order valence-corrected chi connectivity index (χ1v) is 6.76. The number of carbonyl (C=O) groups is 1. The van der Waals surface area contributed by atoms with Gasteiger partial charge in [-0.15, -0.1) is 0 Å². The van der Waals surface area contributed by atoms with Crippen molar-refractivity contribution in [1.82, 2.24) is 0 Å². The van der Waals surface area contributed by atoms with E-state index in [1.54, 1.807) is 26.2 Å². The molecule has 1 amide bonds. The zero-order valence-corrected chi connectivity index (χ0v) is 12.2. The van der Waals surface area contributed by atoms with Crippen LogP contribution in [0.3, 0.4) is 0 Å². The Hall–Kier alpha value is -2.20. The molecular weight excluding hydrogens is 269 g/mol. The van der Waals surface area contributed by atoms with Crippen LogP contribution in [0.4, 0.5) is 10.1 Å². The average Bonchev–Trinajstić information content (AvgIpc) is 2.46. The fourth-order valence-electron chi connectivity index (χ4n) is 2.07. The van der Waals surface area contributed by atoms with E-state index in [0.717, 1.165) is 11.1 Å². The lowest BCUT2D eigenvalue weighted by Gasteiger charge is -2.11. The minimum Gasteiger partial charge on any atom is -0.384 e. The summed E-state index contributed by atoms with van der Waals surface area (Å²) in [6.07, 6.45) is 0.684. The third-order valence-electron chi connectivity index (χ3n) is 3.21. The average molecular weight is 287 g/mol. The number of hydrogen-bond acceptors (Lipinski definition) is 2. The number of ether oxygens (including phenoxy) is 1. The normalized spacial score (nSPS) is 10.4. The Kier molecular flexibility index (Phi) is 5.06. The molecule has 0 unspecified atom stereocenters. The molecule has 0 aliphatic rings. The van der Waals surface area contributed by atoms with Crippen molar-refractivity contribution >= 4 is 11.6 Å². The maximum atomic E-state index is 13.8. The molecule has 2 aromatic carbocycles. The van der Waals surface area contributed by atoms with E-state index in [4.69, 9.17) is 4.74 Å². The van der Waals surface area contributed by atoms with E-state index >= 15 is 0 Å². The van der Waals surface area contributed by atoms with Crippen LogP contribution in [0.5, 0.6) is 0 Å². The van der Waals surface area contributed by atoms with Crippen molar-refractivity contribution in [3.8, 4) is 0 Å². The van der Waals surface area contributed by atoms with E-state index in [-0.39, 0.29) is 5.56 Å². The third-order valence-corrected chi connectivity index (χ3v) is 3.21. The zero-order valence-electron chi connectivity index (χ0n) is 12.2. The van der Waals surface area contributed by atoms with Crippen LogP contribution < -0.4 is 5.32 Å². The van der Waals surface area contributed by atoms with Crippen LogP contribution in [0.1, 0.15) is 21.5 Å². The van der Waals surface area contributed by atoms with Gasteiger partial charge in [-0.2, -0.15) is 0 Å². The van der Waals surface area contributed by atoms with Crippen molar-refractivity contribution in [2.75, 3.05) is 19.0 Å². The molecule has 2 aromatic rings. The molecule has 0 aliphatic heterocycles. The summed E-state index contributed by atoms with van der Waals surface area (Å²) in [6.45, 7) is 2.34. The summed E-state index contributed by atoms with van der Waals surface area (Å²) in [5.74, 6) is -0.959. The van der Waals surface area contributed by atoms with Crippen molar-refractivity contribution in [3.05, 3.63) is 65.0 Å². The molecule has 0 spiro atoms. The number of rotatable bonds is 5. The van der Waals surface area contributed by atoms with Gasteiger partial charge in [0.1, 0.15) is 5.82 Å². The number of anilines is 1. The number of benzene rings is 2. The molecule has 3 nitrogen and oxygen atoms in total. The monoisotopic (exact) mass is 287 g/mol. The second-order valence-electron chi connectivity index (χ2n) is 4.84. The smallest absolute Gasteiger partial charge is 0.258 e. The van der Waals surface area contributed by atoms with Crippen molar-refractivity contribution in [2.24, 2.45) is 0 Å². The van der Waals surface area contributed by atoms with Crippen molar-refractivity contribution in [1.29, 1.82) is 0 Å². The summed E-state index contributed by atoms with van der Waals surface area (Å²) in [5, 5.41) is 2.76. The predicted molar refractivity (Wildman–Crippen MR) is 81.1 cm³/mol. The Balaban J connectivity index is 2.19. The molecule has 0 aliphatic carbocycles. The molecule has 0 heterocycles. The Bertz CT molecular complexity index is 640. The Morgan fingerprint density at radius 3 is 2.71 bits per heavy atom. The molecule has 1 N–H and O–H groups in total. The highest BCUT2D eigenvalue weighted by Crippen LogP contribution is 2.18. The summed E-state index contributed by atoms with van der Waals surface area (Å²) in [4.78, 5) is 12.2. The summed E-state index contributed by atoms with van der Waals surface area (Å²) in [7, 11) is 1.63. The van der Waals surface area contributed by atoms with Crippen LogP contribution in [0.15, 0.2) is 42.5 Å². The van der Waals surface area contributed by atoms with Gasteiger partial charge in [-0.05, 0) is 42.7 Å². The molecule has 0 fully saturated rings. The van der Waals surface area contributed by atoms with Gasteiger partial charge in [0.15, 0.2) is 0 Å². The van der Waals surface area contributed by atoms with Gasteiger partial charge in [-0.1, -0.05) is 24.3 Å². The van der Waals surface area contributed by atoms with Crippen LogP contribution >= 0.6 is 0 Å². The standard InChI is InChI=1S/C17H18FNO2/c1-12-7-8-14(15(18)11-12)17(20)19-16-6-4-3-5-13(16)9-10-21-2/h3-8,11H,9-10H2,1-2H3,(H,19,20). The van der Waals surface area contributed by atoms with Crippen molar-refractivity contribution in [2.45, 2.75) is 13.3 Å². The molecule has 2 rings (SSSR count). The van der Waals surface area contributed by atoms with Gasteiger partial charge < -0.3 is 10.1 Å². The second kappa shape index (κ2) is 6.99. The van der Waals surface area contributed by atoms with Gasteiger partial charge >= 0.3 is 0 Å². The van der Waals surface area contributed by atoms with E-state index in [2.05, 4.69) is 5.32 Å². The van der Waals surface area contributed by atoms with E-state index in [0.29, 0.717) is 18.7 Å². The third kappa shape index (κ3) is 3.89. The highest BCUT2D eigenvalue weighted by atomic mass is 19.1. The zero-order chi connectivity index (χ0) is 15.2. The first kappa shape index (κ1) is 15.2. The van der Waals surface area contributed by atoms with Crippen molar-refractivity contribution in [3.63, 3.8) is 0 Å². The molecule has 0 saturated heterocycles. The maximum Gasteiger partial charge on any atom is 0.258 e. The second-order valence-corrected chi connectivity index (χ2v) is 4.84. The lowest BCUT2D eigenvalue weighted by atomic mass is 10.1. The van der Waals surface area contributed by atoms with Crippen LogP contribution in [0.25, 0.3) is 0 Å². The lowest BCUT2D eigenvalue weighted by Crippen LogP contribution is -2.15. The molecule has 0 aromatic heterocycles. The Morgan fingerprint density at radius 2 is 2.00 bits per heavy atom. The van der Waals surface area contributed by atoms with Crippen LogP contribution in [-0.2, 0) is 11.2 Å². The minimum atomic E-state index is -0.512. The summed E-state index contributed by atoms with van der Waals surface area (Å²) < 4.78 is 18.9. The van der Waals surface area contributed by atoms with E-state index in [9.17, 15) is 9.18 Å².